The van der Waals surface area contributed by atoms with Crippen LogP contribution in [-0.4, -0.2) is 24.1 Å². The van der Waals surface area contributed by atoms with Crippen LogP contribution in [0.25, 0.3) is 0 Å². The van der Waals surface area contributed by atoms with Gasteiger partial charge in [-0.25, -0.2) is 10.6 Å². The summed E-state index contributed by atoms with van der Waals surface area (Å²) < 4.78 is 5.00. The minimum atomic E-state index is -0.501. The lowest BCUT2D eigenvalue weighted by atomic mass is 10.2. The zero-order valence-corrected chi connectivity index (χ0v) is 9.42. The molecule has 0 heterocycles. The fourth-order valence-corrected chi connectivity index (χ4v) is 0.826. The van der Waals surface area contributed by atoms with E-state index in [1.165, 1.54) is 0 Å². The number of rotatable bonds is 4. The summed E-state index contributed by atoms with van der Waals surface area (Å²) in [5.74, 6) is 4.64. The predicted octanol–water partition coefficient (Wildman–Crippen LogP) is 0.281. The Labute approximate surface area is 89.5 Å². The van der Waals surface area contributed by atoms with Crippen molar-refractivity contribution >= 4 is 12.0 Å². The van der Waals surface area contributed by atoms with Crippen LogP contribution in [0.4, 0.5) is 4.79 Å². The van der Waals surface area contributed by atoms with Crippen LogP contribution in [0.2, 0.25) is 0 Å². The number of ether oxygens (including phenoxy) is 1. The van der Waals surface area contributed by atoms with Gasteiger partial charge in [-0.2, -0.15) is 0 Å². The summed E-state index contributed by atoms with van der Waals surface area (Å²) in [5, 5.41) is 2.54. The first-order valence-corrected chi connectivity index (χ1v) is 4.81. The first-order chi connectivity index (χ1) is 6.85. The fourth-order valence-electron chi connectivity index (χ4n) is 0.826. The van der Waals surface area contributed by atoms with Crippen molar-refractivity contribution in [2.75, 3.05) is 6.54 Å². The van der Waals surface area contributed by atoms with Gasteiger partial charge in [0.1, 0.15) is 5.60 Å². The molecule has 0 aromatic rings. The first-order valence-electron chi connectivity index (χ1n) is 4.81. The lowest BCUT2D eigenvalue weighted by Gasteiger charge is -2.19. The van der Waals surface area contributed by atoms with Crippen LogP contribution in [-0.2, 0) is 9.53 Å². The van der Waals surface area contributed by atoms with E-state index in [0.717, 1.165) is 0 Å². The molecule has 6 heteroatoms. The van der Waals surface area contributed by atoms with E-state index in [1.54, 1.807) is 20.8 Å². The van der Waals surface area contributed by atoms with Crippen molar-refractivity contribution in [2.45, 2.75) is 39.2 Å². The minimum Gasteiger partial charge on any atom is -0.444 e. The van der Waals surface area contributed by atoms with Gasteiger partial charge in [-0.3, -0.25) is 10.2 Å². The van der Waals surface area contributed by atoms with Crippen LogP contribution in [0.3, 0.4) is 0 Å². The highest BCUT2D eigenvalue weighted by Crippen LogP contribution is 2.06. The smallest absolute Gasteiger partial charge is 0.407 e. The van der Waals surface area contributed by atoms with Gasteiger partial charge in [-0.05, 0) is 27.2 Å². The van der Waals surface area contributed by atoms with Crippen LogP contribution in [0.15, 0.2) is 0 Å². The summed E-state index contributed by atoms with van der Waals surface area (Å²) in [7, 11) is 0. The number of nitrogens with one attached hydrogen (secondary N) is 2. The van der Waals surface area contributed by atoms with Gasteiger partial charge in [0.2, 0.25) is 5.91 Å². The number of hydrazine groups is 1. The molecule has 0 spiro atoms. The molecule has 6 nitrogen and oxygen atoms in total. The fraction of sp³-hybridized carbons (Fsp3) is 0.778. The second-order valence-corrected chi connectivity index (χ2v) is 4.10. The molecule has 0 saturated heterocycles. The molecule has 0 aromatic heterocycles. The highest BCUT2D eigenvalue weighted by Gasteiger charge is 2.15. The Balaban J connectivity index is 3.52. The first kappa shape index (κ1) is 13.7. The molecule has 4 N–H and O–H groups in total. The maximum Gasteiger partial charge on any atom is 0.407 e. The standard InChI is InChI=1S/C9H19N3O3/c1-9(2,3)15-8(14)11-6-4-5-7(13)12-10/h4-6,10H2,1-3H3,(H,11,14)(H,12,13). The van der Waals surface area contributed by atoms with Crippen LogP contribution in [0.1, 0.15) is 33.6 Å². The van der Waals surface area contributed by atoms with Crippen molar-refractivity contribution in [3.05, 3.63) is 0 Å². The second-order valence-electron chi connectivity index (χ2n) is 4.10. The Kier molecular flexibility index (Phi) is 5.69. The average molecular weight is 217 g/mol. The van der Waals surface area contributed by atoms with Gasteiger partial charge in [0, 0.05) is 13.0 Å². The zero-order valence-electron chi connectivity index (χ0n) is 9.42. The van der Waals surface area contributed by atoms with Crippen LogP contribution in [0, 0.1) is 0 Å². The largest absolute Gasteiger partial charge is 0.444 e. The van der Waals surface area contributed by atoms with Gasteiger partial charge >= 0.3 is 6.09 Å². The van der Waals surface area contributed by atoms with Crippen LogP contribution < -0.4 is 16.6 Å². The summed E-state index contributed by atoms with van der Waals surface area (Å²) in [5.41, 5.74) is 1.51. The third-order valence-corrected chi connectivity index (χ3v) is 1.41. The van der Waals surface area contributed by atoms with E-state index in [0.29, 0.717) is 13.0 Å². The average Bonchev–Trinajstić information content (AvgIpc) is 2.09. The molecule has 15 heavy (non-hydrogen) atoms. The molecule has 0 fully saturated rings. The topological polar surface area (TPSA) is 93.4 Å². The van der Waals surface area contributed by atoms with E-state index >= 15 is 0 Å². The molecule has 0 aliphatic carbocycles. The van der Waals surface area contributed by atoms with Crippen molar-refractivity contribution in [2.24, 2.45) is 5.84 Å². The summed E-state index contributed by atoms with van der Waals surface area (Å²) in [6, 6.07) is 0. The molecular weight excluding hydrogens is 198 g/mol. The van der Waals surface area contributed by atoms with E-state index < -0.39 is 11.7 Å². The van der Waals surface area contributed by atoms with Gasteiger partial charge in [0.05, 0.1) is 0 Å². The summed E-state index contributed by atoms with van der Waals surface area (Å²) in [4.78, 5) is 21.8. The Morgan fingerprint density at radius 1 is 1.33 bits per heavy atom. The molecule has 0 saturated carbocycles. The maximum absolute atomic E-state index is 11.1. The van der Waals surface area contributed by atoms with Crippen molar-refractivity contribution in [1.29, 1.82) is 0 Å². The molecule has 0 aliphatic rings. The van der Waals surface area contributed by atoms with Crippen LogP contribution in [0.5, 0.6) is 0 Å². The third kappa shape index (κ3) is 9.01. The van der Waals surface area contributed by atoms with Crippen LogP contribution >= 0.6 is 0 Å². The molecule has 0 rings (SSSR count). The summed E-state index contributed by atoms with van der Waals surface area (Å²) >= 11 is 0. The Hall–Kier alpha value is -1.30. The summed E-state index contributed by atoms with van der Waals surface area (Å²) in [6.45, 7) is 5.75. The van der Waals surface area contributed by atoms with Crippen molar-refractivity contribution in [3.63, 3.8) is 0 Å². The third-order valence-electron chi connectivity index (χ3n) is 1.41. The SMILES string of the molecule is CC(C)(C)OC(=O)NCCCC(=O)NN. The minimum absolute atomic E-state index is 0.249. The second kappa shape index (κ2) is 6.23. The van der Waals surface area contributed by atoms with Crippen molar-refractivity contribution in [3.8, 4) is 0 Å². The molecule has 0 bridgehead atoms. The van der Waals surface area contributed by atoms with Crippen molar-refractivity contribution in [1.82, 2.24) is 10.7 Å². The number of nitrogens with two attached hydrogens (primary N) is 1. The van der Waals surface area contributed by atoms with E-state index in [9.17, 15) is 9.59 Å². The number of hydrogen-bond acceptors (Lipinski definition) is 4. The molecule has 0 aromatic carbocycles. The molecule has 88 valence electrons. The lowest BCUT2D eigenvalue weighted by molar-refractivity contribution is -0.121. The Morgan fingerprint density at radius 3 is 2.40 bits per heavy atom. The molecule has 0 aliphatic heterocycles. The van der Waals surface area contributed by atoms with Gasteiger partial charge in [-0.1, -0.05) is 0 Å². The number of carbonyl (C=O) groups is 2. The zero-order chi connectivity index (χ0) is 11.9. The van der Waals surface area contributed by atoms with Gasteiger partial charge in [-0.15, -0.1) is 0 Å². The Morgan fingerprint density at radius 2 is 1.93 bits per heavy atom. The van der Waals surface area contributed by atoms with Gasteiger partial charge in [0.25, 0.3) is 0 Å². The number of alkyl carbamates (subject to hydrolysis) is 1. The van der Waals surface area contributed by atoms with Gasteiger partial charge < -0.3 is 10.1 Å². The lowest BCUT2D eigenvalue weighted by Crippen LogP contribution is -2.34. The highest BCUT2D eigenvalue weighted by atomic mass is 16.6. The molecule has 0 atom stereocenters. The number of carbonyl (C=O) groups excluding carboxylic acids is 2. The Bertz CT molecular complexity index is 223. The maximum atomic E-state index is 11.1. The van der Waals surface area contributed by atoms with Crippen molar-refractivity contribution < 1.29 is 14.3 Å². The molecule has 2 amide bonds. The number of hydrogen-bond donors (Lipinski definition) is 3. The monoisotopic (exact) mass is 217 g/mol. The summed E-state index contributed by atoms with van der Waals surface area (Å²) in [6.07, 6.45) is 0.338. The number of amides is 2. The molecule has 0 unspecified atom stereocenters. The van der Waals surface area contributed by atoms with E-state index in [1.807, 2.05) is 5.43 Å². The van der Waals surface area contributed by atoms with E-state index in [2.05, 4.69) is 5.32 Å². The van der Waals surface area contributed by atoms with E-state index in [-0.39, 0.29) is 12.3 Å². The highest BCUT2D eigenvalue weighted by molar-refractivity contribution is 5.75. The normalized spacial score (nSPS) is 10.7. The molecular formula is C9H19N3O3. The van der Waals surface area contributed by atoms with E-state index in [4.69, 9.17) is 10.6 Å². The quantitative estimate of drug-likeness (QED) is 0.273. The predicted molar refractivity (Wildman–Crippen MR) is 55.8 cm³/mol. The molecule has 0 radical (unpaired) electrons. The van der Waals surface area contributed by atoms with Gasteiger partial charge in [0.15, 0.2) is 0 Å².